The van der Waals surface area contributed by atoms with Gasteiger partial charge in [0.2, 0.25) is 0 Å². The number of hydrogen-bond donors (Lipinski definition) is 0. The van der Waals surface area contributed by atoms with Crippen LogP contribution in [0.2, 0.25) is 0 Å². The summed E-state index contributed by atoms with van der Waals surface area (Å²) in [6, 6.07) is 8.88. The maximum Gasteiger partial charge on any atom is 0.133 e. The molecule has 90 valence electrons. The van der Waals surface area contributed by atoms with Crippen LogP contribution in [0.5, 0.6) is 0 Å². The second-order valence-electron chi connectivity index (χ2n) is 5.66. The average molecular weight is 228 g/mol. The van der Waals surface area contributed by atoms with Gasteiger partial charge in [0.1, 0.15) is 5.78 Å². The zero-order chi connectivity index (χ0) is 11.9. The van der Waals surface area contributed by atoms with Crippen molar-refractivity contribution < 1.29 is 4.79 Å². The van der Waals surface area contributed by atoms with Crippen molar-refractivity contribution in [3.63, 3.8) is 0 Å². The molecule has 3 rings (SSSR count). The lowest BCUT2D eigenvalue weighted by Crippen LogP contribution is -2.38. The highest BCUT2D eigenvalue weighted by molar-refractivity contribution is 5.80. The Kier molecular flexibility index (Phi) is 2.57. The van der Waals surface area contributed by atoms with Gasteiger partial charge in [0, 0.05) is 12.8 Å². The highest BCUT2D eigenvalue weighted by atomic mass is 16.1. The molecule has 1 spiro atoms. The molecule has 1 saturated carbocycles. The summed E-state index contributed by atoms with van der Waals surface area (Å²) in [4.78, 5) is 11.7. The molecule has 0 heterocycles. The van der Waals surface area contributed by atoms with Gasteiger partial charge in [-0.1, -0.05) is 37.6 Å². The molecule has 2 atom stereocenters. The van der Waals surface area contributed by atoms with Gasteiger partial charge in [-0.3, -0.25) is 4.79 Å². The SMILES string of the molecule is CCC1CC(=O)CCC12CCc1ccccc12. The lowest BCUT2D eigenvalue weighted by atomic mass is 9.62. The molecular weight excluding hydrogens is 208 g/mol. The first-order chi connectivity index (χ1) is 8.26. The van der Waals surface area contributed by atoms with Crippen molar-refractivity contribution in [1.82, 2.24) is 0 Å². The van der Waals surface area contributed by atoms with Crippen LogP contribution >= 0.6 is 0 Å². The van der Waals surface area contributed by atoms with Crippen LogP contribution in [-0.4, -0.2) is 5.78 Å². The Bertz CT molecular complexity index is 449. The van der Waals surface area contributed by atoms with Crippen LogP contribution in [0.15, 0.2) is 24.3 Å². The van der Waals surface area contributed by atoms with Crippen LogP contribution in [0.1, 0.15) is 50.2 Å². The van der Waals surface area contributed by atoms with E-state index in [4.69, 9.17) is 0 Å². The molecule has 17 heavy (non-hydrogen) atoms. The third kappa shape index (κ3) is 1.55. The van der Waals surface area contributed by atoms with Gasteiger partial charge in [0.15, 0.2) is 0 Å². The molecule has 0 bridgehead atoms. The van der Waals surface area contributed by atoms with Crippen molar-refractivity contribution in [2.75, 3.05) is 0 Å². The fourth-order valence-electron chi connectivity index (χ4n) is 4.07. The molecule has 1 aromatic carbocycles. The van der Waals surface area contributed by atoms with Gasteiger partial charge >= 0.3 is 0 Å². The van der Waals surface area contributed by atoms with Gasteiger partial charge in [-0.25, -0.2) is 0 Å². The van der Waals surface area contributed by atoms with E-state index in [0.717, 1.165) is 25.7 Å². The van der Waals surface area contributed by atoms with Crippen molar-refractivity contribution in [1.29, 1.82) is 0 Å². The number of benzene rings is 1. The molecule has 0 amide bonds. The molecule has 2 aliphatic rings. The van der Waals surface area contributed by atoms with E-state index in [1.807, 2.05) is 0 Å². The summed E-state index contributed by atoms with van der Waals surface area (Å²) >= 11 is 0. The first kappa shape index (κ1) is 11.0. The Morgan fingerprint density at radius 2 is 2.00 bits per heavy atom. The summed E-state index contributed by atoms with van der Waals surface area (Å²) in [6.07, 6.45) is 6.30. The smallest absolute Gasteiger partial charge is 0.133 e. The number of ketones is 1. The van der Waals surface area contributed by atoms with E-state index < -0.39 is 0 Å². The molecule has 1 aromatic rings. The van der Waals surface area contributed by atoms with Crippen LogP contribution < -0.4 is 0 Å². The van der Waals surface area contributed by atoms with E-state index in [9.17, 15) is 4.79 Å². The summed E-state index contributed by atoms with van der Waals surface area (Å²) in [7, 11) is 0. The number of rotatable bonds is 1. The molecule has 0 saturated heterocycles. The van der Waals surface area contributed by atoms with Crippen molar-refractivity contribution >= 4 is 5.78 Å². The Hall–Kier alpha value is -1.11. The maximum absolute atomic E-state index is 11.7. The highest BCUT2D eigenvalue weighted by Gasteiger charge is 2.46. The van der Waals surface area contributed by atoms with Crippen LogP contribution in [0.3, 0.4) is 0 Å². The Morgan fingerprint density at radius 1 is 1.24 bits per heavy atom. The fourth-order valence-corrected chi connectivity index (χ4v) is 4.07. The second kappa shape index (κ2) is 3.97. The van der Waals surface area contributed by atoms with E-state index in [0.29, 0.717) is 17.1 Å². The molecule has 1 heteroatoms. The van der Waals surface area contributed by atoms with Gasteiger partial charge in [-0.05, 0) is 41.7 Å². The second-order valence-corrected chi connectivity index (χ2v) is 5.66. The Morgan fingerprint density at radius 3 is 2.82 bits per heavy atom. The minimum atomic E-state index is 0.333. The normalized spacial score (nSPS) is 31.8. The van der Waals surface area contributed by atoms with Gasteiger partial charge in [0.05, 0.1) is 0 Å². The van der Waals surface area contributed by atoms with E-state index in [1.165, 1.54) is 18.4 Å². The summed E-state index contributed by atoms with van der Waals surface area (Å²) < 4.78 is 0. The molecule has 1 fully saturated rings. The molecule has 0 N–H and O–H groups in total. The first-order valence-electron chi connectivity index (χ1n) is 6.86. The topological polar surface area (TPSA) is 17.1 Å². The van der Waals surface area contributed by atoms with Crippen LogP contribution in [0, 0.1) is 5.92 Å². The summed E-state index contributed by atoms with van der Waals surface area (Å²) in [6.45, 7) is 2.24. The predicted molar refractivity (Wildman–Crippen MR) is 69.1 cm³/mol. The molecule has 1 nitrogen and oxygen atoms in total. The molecule has 0 aliphatic heterocycles. The molecule has 2 aliphatic carbocycles. The molecule has 2 unspecified atom stereocenters. The van der Waals surface area contributed by atoms with Gasteiger partial charge in [0.25, 0.3) is 0 Å². The third-order valence-corrected chi connectivity index (χ3v) is 4.99. The van der Waals surface area contributed by atoms with Crippen LogP contribution in [0.4, 0.5) is 0 Å². The van der Waals surface area contributed by atoms with Crippen molar-refractivity contribution in [3.8, 4) is 0 Å². The van der Waals surface area contributed by atoms with Crippen LogP contribution in [0.25, 0.3) is 0 Å². The zero-order valence-electron chi connectivity index (χ0n) is 10.5. The van der Waals surface area contributed by atoms with Gasteiger partial charge in [-0.2, -0.15) is 0 Å². The van der Waals surface area contributed by atoms with Gasteiger partial charge in [-0.15, -0.1) is 0 Å². The zero-order valence-corrected chi connectivity index (χ0v) is 10.5. The summed E-state index contributed by atoms with van der Waals surface area (Å²) in [5.74, 6) is 1.05. The van der Waals surface area contributed by atoms with E-state index >= 15 is 0 Å². The fraction of sp³-hybridized carbons (Fsp3) is 0.562. The standard InChI is InChI=1S/C16H20O/c1-2-13-11-14(17)8-10-16(13)9-7-12-5-3-4-6-15(12)16/h3-6,13H,2,7-11H2,1H3. The Labute approximate surface area is 103 Å². The first-order valence-corrected chi connectivity index (χ1v) is 6.86. The quantitative estimate of drug-likeness (QED) is 0.717. The number of carbonyl (C=O) groups is 1. The average Bonchev–Trinajstić information content (AvgIpc) is 2.73. The molecule has 0 aromatic heterocycles. The Balaban J connectivity index is 2.04. The monoisotopic (exact) mass is 228 g/mol. The lowest BCUT2D eigenvalue weighted by molar-refractivity contribution is -0.123. The van der Waals surface area contributed by atoms with E-state index in [1.54, 1.807) is 5.56 Å². The lowest BCUT2D eigenvalue weighted by Gasteiger charge is -2.41. The maximum atomic E-state index is 11.7. The van der Waals surface area contributed by atoms with E-state index in [-0.39, 0.29) is 0 Å². The largest absolute Gasteiger partial charge is 0.300 e. The van der Waals surface area contributed by atoms with E-state index in [2.05, 4.69) is 31.2 Å². The number of hydrogen-bond acceptors (Lipinski definition) is 1. The minimum Gasteiger partial charge on any atom is -0.300 e. The van der Waals surface area contributed by atoms with Crippen LogP contribution in [-0.2, 0) is 16.6 Å². The van der Waals surface area contributed by atoms with Crippen molar-refractivity contribution in [2.45, 2.75) is 50.9 Å². The van der Waals surface area contributed by atoms with Crippen molar-refractivity contribution in [2.24, 2.45) is 5.92 Å². The molecule has 0 radical (unpaired) electrons. The highest BCUT2D eigenvalue weighted by Crippen LogP contribution is 2.52. The molecular formula is C16H20O. The number of aryl methyl sites for hydroxylation is 1. The summed E-state index contributed by atoms with van der Waals surface area (Å²) in [5, 5.41) is 0. The van der Waals surface area contributed by atoms with Crippen molar-refractivity contribution in [3.05, 3.63) is 35.4 Å². The third-order valence-electron chi connectivity index (χ3n) is 4.99. The number of carbonyl (C=O) groups excluding carboxylic acids is 1. The summed E-state index contributed by atoms with van der Waals surface area (Å²) in [5.41, 5.74) is 3.42. The predicted octanol–water partition coefficient (Wildman–Crippen LogP) is 3.65. The minimum absolute atomic E-state index is 0.333. The number of fused-ring (bicyclic) bond motifs is 2. The number of Topliss-reactive ketones (excluding diaryl/α,β-unsaturated/α-hetero) is 1. The van der Waals surface area contributed by atoms with Gasteiger partial charge < -0.3 is 0 Å².